The lowest BCUT2D eigenvalue weighted by Gasteiger charge is -2.11. The van der Waals surface area contributed by atoms with Gasteiger partial charge in [0.2, 0.25) is 5.28 Å². The Balaban J connectivity index is 1.45. The fourth-order valence-corrected chi connectivity index (χ4v) is 4.52. The molecule has 158 valence electrons. The van der Waals surface area contributed by atoms with Crippen LogP contribution in [0.15, 0.2) is 97.1 Å². The lowest BCUT2D eigenvalue weighted by molar-refractivity contribution is 1.06. The molecule has 0 radical (unpaired) electrons. The zero-order valence-electron chi connectivity index (χ0n) is 17.7. The molecule has 0 saturated carbocycles. The summed E-state index contributed by atoms with van der Waals surface area (Å²) in [4.78, 5) is 13.3. The zero-order valence-corrected chi connectivity index (χ0v) is 18.4. The van der Waals surface area contributed by atoms with Crippen LogP contribution in [0, 0.1) is 0 Å². The van der Waals surface area contributed by atoms with Gasteiger partial charge < -0.3 is 4.57 Å². The Kier molecular flexibility index (Phi) is 4.85. The minimum atomic E-state index is 0.183. The molecule has 5 aromatic rings. The molecule has 0 bridgehead atoms. The Hall–Kier alpha value is -4.02. The van der Waals surface area contributed by atoms with Gasteiger partial charge in [0, 0.05) is 22.2 Å². The molecule has 1 aliphatic carbocycles. The van der Waals surface area contributed by atoms with Crippen molar-refractivity contribution in [1.29, 1.82) is 0 Å². The number of allylic oxidation sites excluding steroid dienone is 3. The quantitative estimate of drug-likeness (QED) is 0.302. The number of benzene rings is 3. The van der Waals surface area contributed by atoms with Crippen LogP contribution in [-0.2, 0) is 6.42 Å². The largest absolute Gasteiger partial charge is 0.310 e. The van der Waals surface area contributed by atoms with Crippen molar-refractivity contribution in [3.05, 3.63) is 114 Å². The minimum absolute atomic E-state index is 0.183. The Morgan fingerprint density at radius 3 is 2.18 bits per heavy atom. The first kappa shape index (κ1) is 19.6. The fourth-order valence-electron chi connectivity index (χ4n) is 4.36. The second-order valence-corrected chi connectivity index (χ2v) is 8.21. The molecule has 2 heterocycles. The zero-order chi connectivity index (χ0) is 22.2. The molecule has 0 N–H and O–H groups in total. The third-order valence-electron chi connectivity index (χ3n) is 5.87. The summed E-state index contributed by atoms with van der Waals surface area (Å²) in [6, 6.07) is 26.6. The number of aromatic nitrogens is 4. The van der Waals surface area contributed by atoms with E-state index in [2.05, 4.69) is 80.2 Å². The number of halogens is 1. The topological polar surface area (TPSA) is 43.6 Å². The maximum Gasteiger partial charge on any atom is 0.226 e. The van der Waals surface area contributed by atoms with Crippen molar-refractivity contribution in [2.45, 2.75) is 6.42 Å². The normalized spacial score (nSPS) is 12.6. The average Bonchev–Trinajstić information content (AvgIpc) is 2.99. The number of nitrogens with zero attached hydrogens (tertiary/aromatic N) is 4. The molecule has 0 spiro atoms. The van der Waals surface area contributed by atoms with Gasteiger partial charge in [0.05, 0.1) is 11.2 Å². The van der Waals surface area contributed by atoms with Gasteiger partial charge in [-0.3, -0.25) is 0 Å². The summed E-state index contributed by atoms with van der Waals surface area (Å²) in [6.07, 6.45) is 9.52. The average molecular weight is 447 g/mol. The van der Waals surface area contributed by atoms with Crippen molar-refractivity contribution in [3.8, 4) is 28.5 Å². The molecule has 0 atom stereocenters. The van der Waals surface area contributed by atoms with E-state index in [0.717, 1.165) is 23.2 Å². The first-order valence-electron chi connectivity index (χ1n) is 10.8. The Morgan fingerprint density at radius 1 is 0.697 bits per heavy atom. The van der Waals surface area contributed by atoms with E-state index in [1.807, 2.05) is 42.5 Å². The SMILES string of the molecule is Clc1nc(-c2ccccc2)nc(-c2ccc(-n3c4c(c5ccccc53)CC=CC=C4)cc2)n1. The smallest absolute Gasteiger partial charge is 0.226 e. The van der Waals surface area contributed by atoms with E-state index in [4.69, 9.17) is 11.6 Å². The Morgan fingerprint density at radius 2 is 1.39 bits per heavy atom. The predicted molar refractivity (Wildman–Crippen MR) is 134 cm³/mol. The lowest BCUT2D eigenvalue weighted by Crippen LogP contribution is -1.99. The highest BCUT2D eigenvalue weighted by atomic mass is 35.5. The molecule has 3 aromatic carbocycles. The van der Waals surface area contributed by atoms with Crippen molar-refractivity contribution in [1.82, 2.24) is 19.5 Å². The highest BCUT2D eigenvalue weighted by Gasteiger charge is 2.17. The van der Waals surface area contributed by atoms with Crippen LogP contribution in [0.25, 0.3) is 45.4 Å². The molecule has 5 heteroatoms. The van der Waals surface area contributed by atoms with E-state index < -0.39 is 0 Å². The predicted octanol–water partition coefficient (Wildman–Crippen LogP) is 6.93. The van der Waals surface area contributed by atoms with Crippen LogP contribution in [-0.4, -0.2) is 19.5 Å². The molecule has 0 fully saturated rings. The highest BCUT2D eigenvalue weighted by molar-refractivity contribution is 6.28. The molecular weight excluding hydrogens is 428 g/mol. The Labute approximate surface area is 196 Å². The van der Waals surface area contributed by atoms with E-state index >= 15 is 0 Å². The second kappa shape index (κ2) is 8.15. The van der Waals surface area contributed by atoms with Crippen molar-refractivity contribution in [2.75, 3.05) is 0 Å². The molecular formula is C28H19ClN4. The third-order valence-corrected chi connectivity index (χ3v) is 6.04. The van der Waals surface area contributed by atoms with E-state index in [0.29, 0.717) is 11.6 Å². The maximum absolute atomic E-state index is 6.24. The van der Waals surface area contributed by atoms with Gasteiger partial charge in [-0.15, -0.1) is 0 Å². The number of para-hydroxylation sites is 1. The van der Waals surface area contributed by atoms with Crippen molar-refractivity contribution < 1.29 is 0 Å². The van der Waals surface area contributed by atoms with Crippen LogP contribution in [0.3, 0.4) is 0 Å². The number of fused-ring (bicyclic) bond motifs is 3. The monoisotopic (exact) mass is 446 g/mol. The van der Waals surface area contributed by atoms with Gasteiger partial charge in [-0.2, -0.15) is 9.97 Å². The van der Waals surface area contributed by atoms with Gasteiger partial charge in [0.15, 0.2) is 11.6 Å². The lowest BCUT2D eigenvalue weighted by atomic mass is 10.1. The molecule has 0 amide bonds. The van der Waals surface area contributed by atoms with Gasteiger partial charge in [-0.25, -0.2) is 4.98 Å². The van der Waals surface area contributed by atoms with Crippen molar-refractivity contribution in [3.63, 3.8) is 0 Å². The van der Waals surface area contributed by atoms with E-state index in [-0.39, 0.29) is 5.28 Å². The maximum atomic E-state index is 6.24. The van der Waals surface area contributed by atoms with Crippen LogP contribution in [0.5, 0.6) is 0 Å². The molecule has 0 aliphatic heterocycles. The molecule has 2 aromatic heterocycles. The van der Waals surface area contributed by atoms with Crippen LogP contribution < -0.4 is 0 Å². The number of rotatable bonds is 3. The second-order valence-electron chi connectivity index (χ2n) is 7.87. The van der Waals surface area contributed by atoms with Crippen molar-refractivity contribution in [2.24, 2.45) is 0 Å². The minimum Gasteiger partial charge on any atom is -0.310 e. The Bertz CT molecular complexity index is 1530. The van der Waals surface area contributed by atoms with E-state index in [1.165, 1.54) is 22.2 Å². The van der Waals surface area contributed by atoms with Crippen LogP contribution in [0.2, 0.25) is 5.28 Å². The van der Waals surface area contributed by atoms with E-state index in [9.17, 15) is 0 Å². The van der Waals surface area contributed by atoms with Gasteiger partial charge in [-0.05, 0) is 60.0 Å². The molecule has 4 nitrogen and oxygen atoms in total. The summed E-state index contributed by atoms with van der Waals surface area (Å²) < 4.78 is 2.31. The summed E-state index contributed by atoms with van der Waals surface area (Å²) >= 11 is 6.24. The standard InChI is InChI=1S/C28H19ClN4/c29-28-31-26(19-9-3-1-4-10-19)30-27(32-28)20-15-17-21(18-16-20)33-24-13-6-2-5-11-22(24)23-12-7-8-14-25(23)33/h1-10,12-18H,11H2. The third kappa shape index (κ3) is 3.55. The first-order valence-corrected chi connectivity index (χ1v) is 11.2. The molecule has 6 rings (SSSR count). The summed E-state index contributed by atoms with van der Waals surface area (Å²) in [7, 11) is 0. The van der Waals surface area contributed by atoms with Crippen LogP contribution in [0.1, 0.15) is 11.3 Å². The highest BCUT2D eigenvalue weighted by Crippen LogP contribution is 2.33. The summed E-state index contributed by atoms with van der Waals surface area (Å²) in [5.74, 6) is 1.12. The summed E-state index contributed by atoms with van der Waals surface area (Å²) in [6.45, 7) is 0. The van der Waals surface area contributed by atoms with Crippen molar-refractivity contribution >= 4 is 28.6 Å². The number of hydrogen-bond donors (Lipinski definition) is 0. The van der Waals surface area contributed by atoms with Crippen LogP contribution >= 0.6 is 11.6 Å². The van der Waals surface area contributed by atoms with Gasteiger partial charge >= 0.3 is 0 Å². The van der Waals surface area contributed by atoms with E-state index in [1.54, 1.807) is 0 Å². The van der Waals surface area contributed by atoms with Gasteiger partial charge in [-0.1, -0.05) is 66.8 Å². The van der Waals surface area contributed by atoms with Crippen LogP contribution in [0.4, 0.5) is 0 Å². The fraction of sp³-hybridized carbons (Fsp3) is 0.0357. The molecule has 1 aliphatic rings. The van der Waals surface area contributed by atoms with Gasteiger partial charge in [0.25, 0.3) is 0 Å². The summed E-state index contributed by atoms with van der Waals surface area (Å²) in [5, 5.41) is 1.46. The first-order chi connectivity index (χ1) is 16.3. The van der Waals surface area contributed by atoms with Gasteiger partial charge in [0.1, 0.15) is 0 Å². The summed E-state index contributed by atoms with van der Waals surface area (Å²) in [5.41, 5.74) is 6.64. The number of hydrogen-bond acceptors (Lipinski definition) is 3. The molecule has 33 heavy (non-hydrogen) atoms. The molecule has 0 saturated heterocycles. The molecule has 0 unspecified atom stereocenters.